The van der Waals surface area contributed by atoms with Gasteiger partial charge < -0.3 is 9.42 Å². The number of nitrogens with zero attached hydrogens (tertiary/aromatic N) is 2. The molecule has 1 aromatic heterocycles. The molecule has 0 radical (unpaired) electrons. The number of amides is 4. The molecule has 3 rings (SSSR count). The van der Waals surface area contributed by atoms with E-state index in [9.17, 15) is 14.4 Å². The van der Waals surface area contributed by atoms with Crippen molar-refractivity contribution >= 4 is 23.7 Å². The van der Waals surface area contributed by atoms with Crippen molar-refractivity contribution in [3.05, 3.63) is 11.8 Å². The maximum Gasteiger partial charge on any atom is 0.325 e. The molecule has 1 spiro atoms. The van der Waals surface area contributed by atoms with Gasteiger partial charge in [-0.25, -0.2) is 4.79 Å². The van der Waals surface area contributed by atoms with Crippen LogP contribution in [0.3, 0.4) is 0 Å². The summed E-state index contributed by atoms with van der Waals surface area (Å²) in [5.41, 5.74) is -0.305. The summed E-state index contributed by atoms with van der Waals surface area (Å²) in [5, 5.41) is 8.62. The average Bonchev–Trinajstić information content (AvgIpc) is 2.89. The number of anilines is 1. The Labute approximate surface area is 127 Å². The van der Waals surface area contributed by atoms with Gasteiger partial charge in [-0.2, -0.15) is 0 Å². The number of aromatic nitrogens is 1. The van der Waals surface area contributed by atoms with Crippen LogP contribution in [0.15, 0.2) is 10.6 Å². The van der Waals surface area contributed by atoms with E-state index in [-0.39, 0.29) is 18.3 Å². The van der Waals surface area contributed by atoms with Crippen molar-refractivity contribution in [2.24, 2.45) is 0 Å². The molecule has 8 heteroatoms. The van der Waals surface area contributed by atoms with Crippen LogP contribution in [0.2, 0.25) is 0 Å². The summed E-state index contributed by atoms with van der Waals surface area (Å²) in [5.74, 6) is -0.649. The smallest absolute Gasteiger partial charge is 0.325 e. The Morgan fingerprint density at radius 2 is 2.09 bits per heavy atom. The Morgan fingerprint density at radius 3 is 2.73 bits per heavy atom. The fourth-order valence-corrected chi connectivity index (χ4v) is 3.20. The summed E-state index contributed by atoms with van der Waals surface area (Å²) < 4.78 is 4.96. The highest BCUT2D eigenvalue weighted by Gasteiger charge is 2.51. The Kier molecular flexibility index (Phi) is 3.59. The van der Waals surface area contributed by atoms with E-state index in [0.29, 0.717) is 18.5 Å². The molecule has 0 bridgehead atoms. The number of carbonyl (C=O) groups excluding carboxylic acids is 3. The number of piperazine rings is 1. The minimum atomic E-state index is -0.939. The quantitative estimate of drug-likeness (QED) is 0.758. The third-order valence-corrected chi connectivity index (χ3v) is 4.28. The lowest BCUT2D eigenvalue weighted by Gasteiger charge is -2.46. The van der Waals surface area contributed by atoms with Gasteiger partial charge in [-0.3, -0.25) is 20.2 Å². The van der Waals surface area contributed by atoms with Crippen molar-refractivity contribution in [2.45, 2.75) is 44.6 Å². The lowest BCUT2D eigenvalue weighted by molar-refractivity contribution is -0.146. The van der Waals surface area contributed by atoms with E-state index in [1.165, 1.54) is 4.90 Å². The van der Waals surface area contributed by atoms with E-state index in [0.717, 1.165) is 19.3 Å². The molecule has 1 saturated carbocycles. The molecule has 2 heterocycles. The van der Waals surface area contributed by atoms with Crippen LogP contribution in [0.4, 0.5) is 10.7 Å². The second kappa shape index (κ2) is 5.43. The monoisotopic (exact) mass is 306 g/mol. The van der Waals surface area contributed by atoms with Crippen LogP contribution in [0.25, 0.3) is 0 Å². The lowest BCUT2D eigenvalue weighted by Crippen LogP contribution is -2.69. The number of aryl methyl sites for hydroxylation is 1. The highest BCUT2D eigenvalue weighted by atomic mass is 16.5. The number of nitrogens with one attached hydrogen (secondary N) is 2. The Morgan fingerprint density at radius 1 is 1.36 bits per heavy atom. The molecule has 0 aromatic carbocycles. The average molecular weight is 306 g/mol. The molecule has 1 aliphatic heterocycles. The number of rotatable bonds is 1. The molecule has 1 saturated heterocycles. The predicted octanol–water partition coefficient (Wildman–Crippen LogP) is 1.18. The summed E-state index contributed by atoms with van der Waals surface area (Å²) in [6.45, 7) is 1.60. The lowest BCUT2D eigenvalue weighted by atomic mass is 9.78. The first kappa shape index (κ1) is 14.6. The molecule has 2 fully saturated rings. The molecule has 8 nitrogen and oxygen atoms in total. The molecule has 118 valence electrons. The Bertz CT molecular complexity index is 618. The number of hydrogen-bond acceptors (Lipinski definition) is 5. The molecule has 0 unspecified atom stereocenters. The van der Waals surface area contributed by atoms with Gasteiger partial charge in [0.1, 0.15) is 12.1 Å². The van der Waals surface area contributed by atoms with Crippen molar-refractivity contribution < 1.29 is 18.9 Å². The normalized spacial score (nSPS) is 20.9. The number of imide groups is 1. The van der Waals surface area contributed by atoms with E-state index in [1.807, 2.05) is 0 Å². The topological polar surface area (TPSA) is 105 Å². The first-order valence-electron chi connectivity index (χ1n) is 7.37. The molecule has 2 aliphatic rings. The summed E-state index contributed by atoms with van der Waals surface area (Å²) >= 11 is 0. The second-order valence-corrected chi connectivity index (χ2v) is 5.82. The molecule has 0 atom stereocenters. The standard InChI is InChI=1S/C14H18N4O4/c1-9-7-11(22-17-9)16-13(21)18-8-10(19)15-12(20)14(18)5-3-2-4-6-14/h7H,2-6,8H2,1H3,(H,16,21)(H,15,19,20). The molecule has 4 amide bonds. The van der Waals surface area contributed by atoms with Gasteiger partial charge >= 0.3 is 6.03 Å². The molecular weight excluding hydrogens is 288 g/mol. The van der Waals surface area contributed by atoms with E-state index in [2.05, 4.69) is 15.8 Å². The largest absolute Gasteiger partial charge is 0.338 e. The first-order chi connectivity index (χ1) is 10.5. The fraction of sp³-hybridized carbons (Fsp3) is 0.571. The molecule has 1 aromatic rings. The zero-order valence-corrected chi connectivity index (χ0v) is 12.3. The Hall–Kier alpha value is -2.38. The van der Waals surface area contributed by atoms with Crippen molar-refractivity contribution in [1.29, 1.82) is 0 Å². The van der Waals surface area contributed by atoms with Gasteiger partial charge in [0.05, 0.1) is 5.69 Å². The summed E-state index contributed by atoms with van der Waals surface area (Å²) in [6, 6.07) is 1.07. The summed E-state index contributed by atoms with van der Waals surface area (Å²) in [4.78, 5) is 37.9. The zero-order valence-electron chi connectivity index (χ0n) is 12.3. The van der Waals surface area contributed by atoms with Gasteiger partial charge in [-0.05, 0) is 19.8 Å². The van der Waals surface area contributed by atoms with Crippen molar-refractivity contribution in [3.63, 3.8) is 0 Å². The third-order valence-electron chi connectivity index (χ3n) is 4.28. The highest BCUT2D eigenvalue weighted by molar-refractivity contribution is 6.07. The van der Waals surface area contributed by atoms with E-state index in [4.69, 9.17) is 4.52 Å². The molecule has 22 heavy (non-hydrogen) atoms. The number of carbonyl (C=O) groups is 3. The van der Waals surface area contributed by atoms with Crippen molar-refractivity contribution in [2.75, 3.05) is 11.9 Å². The zero-order chi connectivity index (χ0) is 15.7. The number of urea groups is 1. The molecule has 1 aliphatic carbocycles. The predicted molar refractivity (Wildman–Crippen MR) is 75.9 cm³/mol. The van der Waals surface area contributed by atoms with E-state index >= 15 is 0 Å². The second-order valence-electron chi connectivity index (χ2n) is 5.82. The maximum absolute atomic E-state index is 12.5. The van der Waals surface area contributed by atoms with Crippen LogP contribution in [0, 0.1) is 6.92 Å². The van der Waals surface area contributed by atoms with Crippen molar-refractivity contribution in [3.8, 4) is 0 Å². The summed E-state index contributed by atoms with van der Waals surface area (Å²) in [7, 11) is 0. The van der Waals surface area contributed by atoms with Crippen LogP contribution < -0.4 is 10.6 Å². The molecular formula is C14H18N4O4. The maximum atomic E-state index is 12.5. The first-order valence-corrected chi connectivity index (χ1v) is 7.37. The van der Waals surface area contributed by atoms with Crippen molar-refractivity contribution in [1.82, 2.24) is 15.4 Å². The highest BCUT2D eigenvalue weighted by Crippen LogP contribution is 2.36. The van der Waals surface area contributed by atoms with Gasteiger partial charge in [0.2, 0.25) is 11.8 Å². The summed E-state index contributed by atoms with van der Waals surface area (Å²) in [6.07, 6.45) is 3.86. The van der Waals surface area contributed by atoms with Gasteiger partial charge in [-0.15, -0.1) is 0 Å². The van der Waals surface area contributed by atoms with Gasteiger partial charge in [0, 0.05) is 6.07 Å². The number of hydrogen-bond donors (Lipinski definition) is 2. The third kappa shape index (κ3) is 2.44. The van der Waals surface area contributed by atoms with Gasteiger partial charge in [0.15, 0.2) is 0 Å². The minimum absolute atomic E-state index is 0.134. The van der Waals surface area contributed by atoms with Gasteiger partial charge in [-0.1, -0.05) is 24.4 Å². The van der Waals surface area contributed by atoms with E-state index in [1.54, 1.807) is 13.0 Å². The van der Waals surface area contributed by atoms with Crippen LogP contribution >= 0.6 is 0 Å². The van der Waals surface area contributed by atoms with Gasteiger partial charge in [0.25, 0.3) is 5.91 Å². The molecule has 2 N–H and O–H groups in total. The van der Waals surface area contributed by atoms with Crippen LogP contribution in [0.5, 0.6) is 0 Å². The Balaban J connectivity index is 1.85. The minimum Gasteiger partial charge on any atom is -0.338 e. The fourth-order valence-electron chi connectivity index (χ4n) is 3.20. The van der Waals surface area contributed by atoms with Crippen LogP contribution in [0.1, 0.15) is 37.8 Å². The SMILES string of the molecule is Cc1cc(NC(=O)N2CC(=O)NC(=O)C23CCCCC3)on1. The van der Waals surface area contributed by atoms with Crippen LogP contribution in [-0.2, 0) is 9.59 Å². The van der Waals surface area contributed by atoms with Crippen LogP contribution in [-0.4, -0.2) is 40.0 Å². The van der Waals surface area contributed by atoms with E-state index < -0.39 is 17.5 Å².